The van der Waals surface area contributed by atoms with Gasteiger partial charge in [0.1, 0.15) is 17.4 Å². The molecule has 0 aliphatic heterocycles. The van der Waals surface area contributed by atoms with Gasteiger partial charge < -0.3 is 10.1 Å². The largest absolute Gasteiger partial charge is 0.495 e. The van der Waals surface area contributed by atoms with E-state index in [1.54, 1.807) is 12.1 Å². The summed E-state index contributed by atoms with van der Waals surface area (Å²) in [5, 5.41) is 2.58. The van der Waals surface area contributed by atoms with Crippen molar-refractivity contribution in [3.63, 3.8) is 0 Å². The number of nitrogens with one attached hydrogen (secondary N) is 1. The zero-order chi connectivity index (χ0) is 14.7. The van der Waals surface area contributed by atoms with E-state index in [0.29, 0.717) is 17.5 Å². The second kappa shape index (κ2) is 5.69. The smallest absolute Gasteiger partial charge is 0.255 e. The quantitative estimate of drug-likeness (QED) is 0.932. The van der Waals surface area contributed by atoms with Crippen molar-refractivity contribution in [3.8, 4) is 5.75 Å². The second-order valence-corrected chi connectivity index (χ2v) is 4.32. The van der Waals surface area contributed by atoms with Gasteiger partial charge in [-0.15, -0.1) is 0 Å². The van der Waals surface area contributed by atoms with Crippen molar-refractivity contribution in [2.75, 3.05) is 12.4 Å². The van der Waals surface area contributed by atoms with E-state index in [-0.39, 0.29) is 5.56 Å². The number of carbonyl (C=O) groups excluding carboxylic acids is 1. The highest BCUT2D eigenvalue weighted by Gasteiger charge is 2.12. The minimum absolute atomic E-state index is 0.0916. The number of hydrogen-bond donors (Lipinski definition) is 1. The normalized spacial score (nSPS) is 10.2. The fourth-order valence-corrected chi connectivity index (χ4v) is 1.80. The van der Waals surface area contributed by atoms with Crippen LogP contribution in [0.25, 0.3) is 0 Å². The van der Waals surface area contributed by atoms with E-state index in [1.807, 2.05) is 13.0 Å². The number of benzene rings is 2. The molecule has 0 aromatic heterocycles. The maximum Gasteiger partial charge on any atom is 0.255 e. The monoisotopic (exact) mass is 277 g/mol. The molecular formula is C15H13F2NO2. The van der Waals surface area contributed by atoms with Gasteiger partial charge in [0.25, 0.3) is 5.91 Å². The highest BCUT2D eigenvalue weighted by molar-refractivity contribution is 6.05. The molecule has 0 atom stereocenters. The fraction of sp³-hybridized carbons (Fsp3) is 0.133. The minimum atomic E-state index is -0.800. The number of ether oxygens (including phenoxy) is 1. The Kier molecular flexibility index (Phi) is 3.98. The molecule has 0 spiro atoms. The van der Waals surface area contributed by atoms with E-state index in [1.165, 1.54) is 7.11 Å². The number of halogens is 2. The molecule has 3 nitrogen and oxygen atoms in total. The molecule has 0 saturated carbocycles. The first kappa shape index (κ1) is 14.0. The topological polar surface area (TPSA) is 38.3 Å². The molecule has 1 amide bonds. The summed E-state index contributed by atoms with van der Waals surface area (Å²) in [4.78, 5) is 12.0. The van der Waals surface area contributed by atoms with Gasteiger partial charge in [-0.1, -0.05) is 6.07 Å². The molecule has 0 bridgehead atoms. The van der Waals surface area contributed by atoms with Crippen molar-refractivity contribution < 1.29 is 18.3 Å². The first-order chi connectivity index (χ1) is 9.49. The summed E-state index contributed by atoms with van der Waals surface area (Å²) in [5.41, 5.74) is 1.28. The van der Waals surface area contributed by atoms with Crippen LogP contribution in [0.4, 0.5) is 14.5 Å². The van der Waals surface area contributed by atoms with Gasteiger partial charge >= 0.3 is 0 Å². The summed E-state index contributed by atoms with van der Waals surface area (Å²) in [6.07, 6.45) is 0. The van der Waals surface area contributed by atoms with Gasteiger partial charge in [0.05, 0.1) is 12.8 Å². The molecule has 104 valence electrons. The van der Waals surface area contributed by atoms with E-state index in [2.05, 4.69) is 5.32 Å². The number of anilines is 1. The summed E-state index contributed by atoms with van der Waals surface area (Å²) < 4.78 is 31.3. The lowest BCUT2D eigenvalue weighted by Gasteiger charge is -2.11. The predicted molar refractivity (Wildman–Crippen MR) is 72.0 cm³/mol. The summed E-state index contributed by atoms with van der Waals surface area (Å²) in [5.74, 6) is -1.73. The number of aryl methyl sites for hydroxylation is 1. The zero-order valence-electron chi connectivity index (χ0n) is 11.0. The molecule has 0 aliphatic carbocycles. The molecule has 0 saturated heterocycles. The van der Waals surface area contributed by atoms with Gasteiger partial charge in [-0.05, 0) is 36.8 Å². The lowest BCUT2D eigenvalue weighted by Crippen LogP contribution is -2.13. The Morgan fingerprint density at radius 2 is 1.75 bits per heavy atom. The van der Waals surface area contributed by atoms with E-state index in [9.17, 15) is 13.6 Å². The number of rotatable bonds is 3. The molecule has 20 heavy (non-hydrogen) atoms. The van der Waals surface area contributed by atoms with Crippen LogP contribution in [0.2, 0.25) is 0 Å². The Bertz CT molecular complexity index is 636. The van der Waals surface area contributed by atoms with Crippen molar-refractivity contribution >= 4 is 11.6 Å². The molecule has 0 heterocycles. The molecule has 2 rings (SSSR count). The summed E-state index contributed by atoms with van der Waals surface area (Å²) in [6, 6.07) is 7.91. The first-order valence-electron chi connectivity index (χ1n) is 5.91. The molecule has 2 aromatic rings. The van der Waals surface area contributed by atoms with E-state index in [4.69, 9.17) is 4.74 Å². The Hall–Kier alpha value is -2.43. The van der Waals surface area contributed by atoms with Crippen LogP contribution in [0.1, 0.15) is 15.9 Å². The third kappa shape index (κ3) is 3.12. The Balaban J connectivity index is 2.29. The van der Waals surface area contributed by atoms with Crippen LogP contribution in [0.5, 0.6) is 5.75 Å². The van der Waals surface area contributed by atoms with E-state index < -0.39 is 17.5 Å². The average Bonchev–Trinajstić information content (AvgIpc) is 2.37. The molecule has 0 unspecified atom stereocenters. The second-order valence-electron chi connectivity index (χ2n) is 4.32. The highest BCUT2D eigenvalue weighted by Crippen LogP contribution is 2.25. The van der Waals surface area contributed by atoms with Crippen LogP contribution in [0, 0.1) is 18.6 Å². The van der Waals surface area contributed by atoms with Crippen molar-refractivity contribution in [1.29, 1.82) is 0 Å². The summed E-state index contributed by atoms with van der Waals surface area (Å²) in [6.45, 7) is 1.86. The van der Waals surface area contributed by atoms with Gasteiger partial charge in [0, 0.05) is 11.6 Å². The number of hydrogen-bond acceptors (Lipinski definition) is 2. The minimum Gasteiger partial charge on any atom is -0.495 e. The third-order valence-electron chi connectivity index (χ3n) is 2.73. The first-order valence-corrected chi connectivity index (χ1v) is 5.91. The van der Waals surface area contributed by atoms with Crippen LogP contribution in [-0.4, -0.2) is 13.0 Å². The fourth-order valence-electron chi connectivity index (χ4n) is 1.80. The summed E-state index contributed by atoms with van der Waals surface area (Å²) in [7, 11) is 1.47. The number of amides is 1. The number of carbonyl (C=O) groups is 1. The van der Waals surface area contributed by atoms with Crippen LogP contribution in [0.3, 0.4) is 0 Å². The SMILES string of the molecule is COc1ccc(C)cc1NC(=O)c1cc(F)cc(F)c1. The molecular weight excluding hydrogens is 264 g/mol. The Morgan fingerprint density at radius 1 is 1.10 bits per heavy atom. The zero-order valence-corrected chi connectivity index (χ0v) is 11.0. The molecule has 1 N–H and O–H groups in total. The van der Waals surface area contributed by atoms with E-state index >= 15 is 0 Å². The molecule has 5 heteroatoms. The van der Waals surface area contributed by atoms with Crippen molar-refractivity contribution in [2.24, 2.45) is 0 Å². The lowest BCUT2D eigenvalue weighted by atomic mass is 10.1. The maximum atomic E-state index is 13.1. The van der Waals surface area contributed by atoms with E-state index in [0.717, 1.165) is 17.7 Å². The van der Waals surface area contributed by atoms with Crippen LogP contribution in [0.15, 0.2) is 36.4 Å². The van der Waals surface area contributed by atoms with Crippen LogP contribution < -0.4 is 10.1 Å². The standard InChI is InChI=1S/C15H13F2NO2/c1-9-3-4-14(20-2)13(5-9)18-15(19)10-6-11(16)8-12(17)7-10/h3-8H,1-2H3,(H,18,19). The van der Waals surface area contributed by atoms with Gasteiger partial charge in [-0.25, -0.2) is 8.78 Å². The van der Waals surface area contributed by atoms with Crippen LogP contribution >= 0.6 is 0 Å². The Labute approximate surface area is 115 Å². The molecule has 0 radical (unpaired) electrons. The summed E-state index contributed by atoms with van der Waals surface area (Å²) >= 11 is 0. The third-order valence-corrected chi connectivity index (χ3v) is 2.73. The maximum absolute atomic E-state index is 13.1. The van der Waals surface area contributed by atoms with Crippen molar-refractivity contribution in [3.05, 3.63) is 59.2 Å². The molecule has 0 aliphatic rings. The van der Waals surface area contributed by atoms with Gasteiger partial charge in [-0.3, -0.25) is 4.79 Å². The average molecular weight is 277 g/mol. The predicted octanol–water partition coefficient (Wildman–Crippen LogP) is 3.53. The van der Waals surface area contributed by atoms with Gasteiger partial charge in [-0.2, -0.15) is 0 Å². The van der Waals surface area contributed by atoms with Crippen molar-refractivity contribution in [2.45, 2.75) is 6.92 Å². The highest BCUT2D eigenvalue weighted by atomic mass is 19.1. The lowest BCUT2D eigenvalue weighted by molar-refractivity contribution is 0.102. The van der Waals surface area contributed by atoms with Crippen molar-refractivity contribution in [1.82, 2.24) is 0 Å². The Morgan fingerprint density at radius 3 is 2.35 bits per heavy atom. The number of methoxy groups -OCH3 is 1. The van der Waals surface area contributed by atoms with Gasteiger partial charge in [0.15, 0.2) is 0 Å². The molecule has 0 fully saturated rings. The molecule has 2 aromatic carbocycles. The van der Waals surface area contributed by atoms with Gasteiger partial charge in [0.2, 0.25) is 0 Å². The van der Waals surface area contributed by atoms with Crippen LogP contribution in [-0.2, 0) is 0 Å².